The average molecular weight is 387 g/mol. The Morgan fingerprint density at radius 1 is 0.962 bits per heavy atom. The molecule has 2 aromatic rings. The third-order valence-corrected chi connectivity index (χ3v) is 6.53. The molecule has 0 unspecified atom stereocenters. The predicted octanol–water partition coefficient (Wildman–Crippen LogP) is 3.42. The van der Waals surface area contributed by atoms with Crippen LogP contribution in [0.5, 0.6) is 0 Å². The molecule has 0 aromatic heterocycles. The Bertz CT molecular complexity index is 949. The number of hydrogen-bond donors (Lipinski definition) is 1. The van der Waals surface area contributed by atoms with E-state index < -0.39 is 21.0 Å². The van der Waals surface area contributed by atoms with E-state index in [1.807, 2.05) is 30.3 Å². The zero-order chi connectivity index (χ0) is 18.6. The summed E-state index contributed by atoms with van der Waals surface area (Å²) in [4.78, 5) is 23.2. The summed E-state index contributed by atoms with van der Waals surface area (Å²) in [7, 11) is -3.35. The highest BCUT2D eigenvalue weighted by Crippen LogP contribution is 2.26. The van der Waals surface area contributed by atoms with Crippen molar-refractivity contribution >= 4 is 38.8 Å². The lowest BCUT2D eigenvalue weighted by atomic mass is 10.1. The number of thioether (sulfide) groups is 1. The molecule has 1 heterocycles. The Morgan fingerprint density at radius 3 is 2.27 bits per heavy atom. The molecular weight excluding hydrogens is 370 g/mol. The standard InChI is InChI=1S/C19H17NO4S2/c21-18-17(25-19(22)20-18)13-15-8-10-16(11-9-15)26(23,24)12-4-7-14-5-2-1-3-6-14/h1-3,5-6,8-11,13H,4,7,12H2,(H,20,21,22)/b17-13+. The van der Waals surface area contributed by atoms with Crippen LogP contribution in [0.1, 0.15) is 17.5 Å². The fraction of sp³-hybridized carbons (Fsp3) is 0.158. The van der Waals surface area contributed by atoms with Crippen LogP contribution in [0.3, 0.4) is 0 Å². The summed E-state index contributed by atoms with van der Waals surface area (Å²) in [6.07, 6.45) is 2.83. The molecule has 1 fully saturated rings. The molecular formula is C19H17NO4S2. The highest BCUT2D eigenvalue weighted by Gasteiger charge is 2.25. The van der Waals surface area contributed by atoms with Gasteiger partial charge in [-0.15, -0.1) is 0 Å². The summed E-state index contributed by atoms with van der Waals surface area (Å²) in [6, 6.07) is 16.1. The first-order valence-corrected chi connectivity index (χ1v) is 10.5. The van der Waals surface area contributed by atoms with Crippen LogP contribution in [-0.4, -0.2) is 25.3 Å². The van der Waals surface area contributed by atoms with Crippen LogP contribution in [0.2, 0.25) is 0 Å². The topological polar surface area (TPSA) is 80.3 Å². The second-order valence-electron chi connectivity index (χ2n) is 5.83. The molecule has 0 radical (unpaired) electrons. The smallest absolute Gasteiger partial charge is 0.282 e. The van der Waals surface area contributed by atoms with Gasteiger partial charge in [-0.25, -0.2) is 8.42 Å². The first kappa shape index (κ1) is 18.4. The molecule has 0 aliphatic carbocycles. The summed E-state index contributed by atoms with van der Waals surface area (Å²) in [5.74, 6) is -0.354. The Labute approximate surface area is 156 Å². The van der Waals surface area contributed by atoms with E-state index in [4.69, 9.17) is 0 Å². The molecule has 1 aliphatic rings. The monoisotopic (exact) mass is 387 g/mol. The van der Waals surface area contributed by atoms with Gasteiger partial charge in [0.25, 0.3) is 11.1 Å². The zero-order valence-electron chi connectivity index (χ0n) is 13.8. The molecule has 2 amide bonds. The Balaban J connectivity index is 1.64. The Morgan fingerprint density at radius 2 is 1.65 bits per heavy atom. The fourth-order valence-corrected chi connectivity index (χ4v) is 4.57. The zero-order valence-corrected chi connectivity index (χ0v) is 15.5. The lowest BCUT2D eigenvalue weighted by Crippen LogP contribution is -2.17. The molecule has 26 heavy (non-hydrogen) atoms. The minimum absolute atomic E-state index is 0.0785. The number of sulfone groups is 1. The van der Waals surface area contributed by atoms with Crippen molar-refractivity contribution in [3.05, 3.63) is 70.6 Å². The molecule has 7 heteroatoms. The Kier molecular flexibility index (Phi) is 5.58. The number of nitrogens with one attached hydrogen (secondary N) is 1. The molecule has 3 rings (SSSR count). The summed E-state index contributed by atoms with van der Waals surface area (Å²) in [5.41, 5.74) is 1.78. The van der Waals surface area contributed by atoms with Crippen LogP contribution in [0.25, 0.3) is 6.08 Å². The molecule has 0 bridgehead atoms. The SMILES string of the molecule is O=C1NC(=O)/C(=C\c2ccc(S(=O)(=O)CCCc3ccccc3)cc2)S1. The minimum atomic E-state index is -3.35. The van der Waals surface area contributed by atoms with Gasteiger partial charge in [0.15, 0.2) is 9.84 Å². The van der Waals surface area contributed by atoms with Crippen molar-refractivity contribution in [3.63, 3.8) is 0 Å². The van der Waals surface area contributed by atoms with Gasteiger partial charge in [0.1, 0.15) is 0 Å². The van der Waals surface area contributed by atoms with Gasteiger partial charge < -0.3 is 0 Å². The van der Waals surface area contributed by atoms with Gasteiger partial charge in [-0.05, 0) is 53.9 Å². The van der Waals surface area contributed by atoms with Gasteiger partial charge in [-0.2, -0.15) is 0 Å². The van der Waals surface area contributed by atoms with E-state index in [1.165, 1.54) is 12.1 Å². The second kappa shape index (κ2) is 7.88. The van der Waals surface area contributed by atoms with E-state index in [9.17, 15) is 18.0 Å². The van der Waals surface area contributed by atoms with Crippen molar-refractivity contribution in [1.82, 2.24) is 5.32 Å². The lowest BCUT2D eigenvalue weighted by molar-refractivity contribution is -0.115. The number of carbonyl (C=O) groups excluding carboxylic acids is 2. The summed E-state index contributed by atoms with van der Waals surface area (Å²) >= 11 is 0.831. The fourth-order valence-electron chi connectivity index (χ4n) is 2.57. The normalized spacial score (nSPS) is 16.1. The van der Waals surface area contributed by atoms with Gasteiger partial charge in [0.05, 0.1) is 15.6 Å². The molecule has 5 nitrogen and oxygen atoms in total. The van der Waals surface area contributed by atoms with Crippen molar-refractivity contribution in [2.24, 2.45) is 0 Å². The lowest BCUT2D eigenvalue weighted by Gasteiger charge is -2.05. The van der Waals surface area contributed by atoms with Crippen LogP contribution in [-0.2, 0) is 21.1 Å². The van der Waals surface area contributed by atoms with E-state index >= 15 is 0 Å². The van der Waals surface area contributed by atoms with Crippen molar-refractivity contribution < 1.29 is 18.0 Å². The van der Waals surface area contributed by atoms with Crippen LogP contribution in [0.15, 0.2) is 64.4 Å². The van der Waals surface area contributed by atoms with Crippen LogP contribution in [0.4, 0.5) is 4.79 Å². The van der Waals surface area contributed by atoms with E-state index in [0.717, 1.165) is 17.3 Å². The quantitative estimate of drug-likeness (QED) is 0.768. The molecule has 2 aromatic carbocycles. The number of carbonyl (C=O) groups is 2. The van der Waals surface area contributed by atoms with Crippen molar-refractivity contribution in [3.8, 4) is 0 Å². The van der Waals surface area contributed by atoms with Gasteiger partial charge in [0, 0.05) is 0 Å². The van der Waals surface area contributed by atoms with Crippen LogP contribution >= 0.6 is 11.8 Å². The van der Waals surface area contributed by atoms with Crippen LogP contribution in [0, 0.1) is 0 Å². The summed E-state index contributed by atoms with van der Waals surface area (Å²) in [5, 5.41) is 1.78. The largest absolute Gasteiger partial charge is 0.290 e. The molecule has 0 spiro atoms. The second-order valence-corrected chi connectivity index (χ2v) is 8.95. The van der Waals surface area contributed by atoms with Crippen molar-refractivity contribution in [1.29, 1.82) is 0 Å². The number of rotatable bonds is 6. The van der Waals surface area contributed by atoms with Crippen molar-refractivity contribution in [2.75, 3.05) is 5.75 Å². The van der Waals surface area contributed by atoms with Gasteiger partial charge in [-0.3, -0.25) is 14.9 Å². The molecule has 0 atom stereocenters. The van der Waals surface area contributed by atoms with Gasteiger partial charge >= 0.3 is 0 Å². The third kappa shape index (κ3) is 4.62. The number of imide groups is 1. The summed E-state index contributed by atoms with van der Waals surface area (Å²) < 4.78 is 24.9. The van der Waals surface area contributed by atoms with E-state index in [2.05, 4.69) is 5.32 Å². The highest BCUT2D eigenvalue weighted by molar-refractivity contribution is 8.18. The first-order chi connectivity index (χ1) is 12.4. The third-order valence-electron chi connectivity index (χ3n) is 3.90. The predicted molar refractivity (Wildman–Crippen MR) is 102 cm³/mol. The van der Waals surface area contributed by atoms with E-state index in [-0.39, 0.29) is 10.6 Å². The number of amides is 2. The Hall–Kier alpha value is -2.38. The first-order valence-electron chi connectivity index (χ1n) is 8.06. The van der Waals surface area contributed by atoms with Gasteiger partial charge in [0.2, 0.25) is 0 Å². The maximum atomic E-state index is 12.4. The van der Waals surface area contributed by atoms with Crippen LogP contribution < -0.4 is 5.32 Å². The molecule has 0 saturated carbocycles. The average Bonchev–Trinajstić information content (AvgIpc) is 2.93. The summed E-state index contributed by atoms with van der Waals surface area (Å²) in [6.45, 7) is 0. The minimum Gasteiger partial charge on any atom is -0.282 e. The number of benzene rings is 2. The highest BCUT2D eigenvalue weighted by atomic mass is 32.2. The molecule has 134 valence electrons. The molecule has 1 aliphatic heterocycles. The maximum absolute atomic E-state index is 12.4. The number of hydrogen-bond acceptors (Lipinski definition) is 5. The molecule has 1 saturated heterocycles. The molecule has 1 N–H and O–H groups in total. The van der Waals surface area contributed by atoms with E-state index in [1.54, 1.807) is 18.2 Å². The maximum Gasteiger partial charge on any atom is 0.290 e. The van der Waals surface area contributed by atoms with Crippen molar-refractivity contribution in [2.45, 2.75) is 17.7 Å². The van der Waals surface area contributed by atoms with Gasteiger partial charge in [-0.1, -0.05) is 42.5 Å². The van der Waals surface area contributed by atoms with E-state index in [0.29, 0.717) is 23.3 Å². The number of aryl methyl sites for hydroxylation is 1.